The van der Waals surface area contributed by atoms with E-state index >= 15 is 0 Å². The molecular formula is C21H27ClN3O2+. The van der Waals surface area contributed by atoms with Crippen LogP contribution in [0.2, 0.25) is 5.02 Å². The Bertz CT molecular complexity index is 735. The number of anilines is 1. The Morgan fingerprint density at radius 3 is 2.30 bits per heavy atom. The van der Waals surface area contributed by atoms with Crippen LogP contribution < -0.4 is 15.5 Å². The van der Waals surface area contributed by atoms with E-state index < -0.39 is 0 Å². The summed E-state index contributed by atoms with van der Waals surface area (Å²) in [5.74, 6) is -0.188. The Kier molecular flexibility index (Phi) is 8.30. The number of carbonyl (C=O) groups is 2. The average molecular weight is 389 g/mol. The van der Waals surface area contributed by atoms with Crippen LogP contribution in [-0.4, -0.2) is 38.0 Å². The van der Waals surface area contributed by atoms with Gasteiger partial charge in [0.1, 0.15) is 0 Å². The van der Waals surface area contributed by atoms with Crippen LogP contribution in [-0.2, 0) is 16.0 Å². The minimum atomic E-state index is -0.139. The molecule has 0 radical (unpaired) electrons. The highest BCUT2D eigenvalue weighted by molar-refractivity contribution is 6.30. The van der Waals surface area contributed by atoms with Gasteiger partial charge in [0.2, 0.25) is 0 Å². The molecule has 144 valence electrons. The number of hydrogen-bond donors (Lipinski definition) is 3. The van der Waals surface area contributed by atoms with Gasteiger partial charge in [0, 0.05) is 16.8 Å². The second kappa shape index (κ2) is 10.7. The summed E-state index contributed by atoms with van der Waals surface area (Å²) in [5, 5.41) is 6.43. The summed E-state index contributed by atoms with van der Waals surface area (Å²) in [6.07, 6.45) is 1.81. The maximum Gasteiger partial charge on any atom is 0.279 e. The van der Waals surface area contributed by atoms with Crippen molar-refractivity contribution >= 4 is 29.1 Å². The molecule has 6 heteroatoms. The first-order valence-electron chi connectivity index (χ1n) is 9.12. The lowest BCUT2D eigenvalue weighted by atomic mass is 10.1. The number of amides is 2. The van der Waals surface area contributed by atoms with E-state index in [-0.39, 0.29) is 30.9 Å². The zero-order chi connectivity index (χ0) is 19.6. The minimum absolute atomic E-state index is 0.0487. The van der Waals surface area contributed by atoms with Crippen LogP contribution in [0, 0.1) is 0 Å². The number of likely N-dealkylation sites (N-methyl/N-ethyl adjacent to an activating group) is 1. The van der Waals surface area contributed by atoms with Crippen LogP contribution in [0.1, 0.15) is 18.9 Å². The molecule has 2 aromatic rings. The lowest BCUT2D eigenvalue weighted by Gasteiger charge is -2.17. The average Bonchev–Trinajstić information content (AvgIpc) is 2.62. The Morgan fingerprint density at radius 1 is 1.00 bits per heavy atom. The van der Waals surface area contributed by atoms with Gasteiger partial charge in [-0.3, -0.25) is 9.59 Å². The summed E-state index contributed by atoms with van der Waals surface area (Å²) in [5.41, 5.74) is 1.95. The van der Waals surface area contributed by atoms with Crippen molar-refractivity contribution < 1.29 is 14.5 Å². The highest BCUT2D eigenvalue weighted by atomic mass is 35.5. The second-order valence-electron chi connectivity index (χ2n) is 6.86. The van der Waals surface area contributed by atoms with Crippen LogP contribution >= 0.6 is 11.6 Å². The molecule has 0 aromatic heterocycles. The zero-order valence-electron chi connectivity index (χ0n) is 15.8. The normalized spacial score (nSPS) is 12.9. The van der Waals surface area contributed by atoms with E-state index in [9.17, 15) is 9.59 Å². The molecule has 2 amide bonds. The Morgan fingerprint density at radius 2 is 1.63 bits per heavy atom. The maximum absolute atomic E-state index is 12.2. The minimum Gasteiger partial charge on any atom is -0.349 e. The van der Waals surface area contributed by atoms with Crippen LogP contribution in [0.15, 0.2) is 54.6 Å². The van der Waals surface area contributed by atoms with Crippen LogP contribution in [0.4, 0.5) is 5.69 Å². The Labute approximate surface area is 165 Å². The summed E-state index contributed by atoms with van der Waals surface area (Å²) < 4.78 is 0. The van der Waals surface area contributed by atoms with E-state index in [1.165, 1.54) is 5.56 Å². The molecule has 0 saturated heterocycles. The largest absolute Gasteiger partial charge is 0.349 e. The fraction of sp³-hybridized carbons (Fsp3) is 0.333. The summed E-state index contributed by atoms with van der Waals surface area (Å²) in [6.45, 7) is 2.47. The van der Waals surface area contributed by atoms with Crippen molar-refractivity contribution in [1.82, 2.24) is 5.32 Å². The van der Waals surface area contributed by atoms with Gasteiger partial charge in [0.25, 0.3) is 11.8 Å². The number of aryl methyl sites for hydroxylation is 1. The van der Waals surface area contributed by atoms with Crippen molar-refractivity contribution in [3.63, 3.8) is 0 Å². The van der Waals surface area contributed by atoms with Crippen LogP contribution in [0.5, 0.6) is 0 Å². The van der Waals surface area contributed by atoms with Crippen molar-refractivity contribution in [3.05, 3.63) is 65.2 Å². The highest BCUT2D eigenvalue weighted by Crippen LogP contribution is 2.12. The quantitative estimate of drug-likeness (QED) is 0.614. The molecule has 0 saturated carbocycles. The van der Waals surface area contributed by atoms with Gasteiger partial charge in [-0.15, -0.1) is 0 Å². The van der Waals surface area contributed by atoms with E-state index in [2.05, 4.69) is 22.8 Å². The molecule has 2 atom stereocenters. The number of benzene rings is 2. The van der Waals surface area contributed by atoms with Crippen molar-refractivity contribution in [2.24, 2.45) is 0 Å². The smallest absolute Gasteiger partial charge is 0.279 e. The molecule has 0 heterocycles. The molecule has 0 aliphatic rings. The topological polar surface area (TPSA) is 62.6 Å². The van der Waals surface area contributed by atoms with Gasteiger partial charge in [-0.05, 0) is 49.6 Å². The summed E-state index contributed by atoms with van der Waals surface area (Å²) >= 11 is 5.83. The van der Waals surface area contributed by atoms with Gasteiger partial charge < -0.3 is 15.5 Å². The van der Waals surface area contributed by atoms with E-state index in [0.29, 0.717) is 10.7 Å². The molecule has 5 nitrogen and oxygen atoms in total. The number of nitrogens with one attached hydrogen (secondary N) is 3. The molecule has 0 fully saturated rings. The number of rotatable bonds is 9. The van der Waals surface area contributed by atoms with Gasteiger partial charge >= 0.3 is 0 Å². The van der Waals surface area contributed by atoms with Gasteiger partial charge in [-0.2, -0.15) is 0 Å². The lowest BCUT2D eigenvalue weighted by molar-refractivity contribution is -0.862. The third-order valence-corrected chi connectivity index (χ3v) is 4.42. The van der Waals surface area contributed by atoms with Crippen LogP contribution in [0.25, 0.3) is 0 Å². The number of quaternary nitrogens is 1. The molecule has 2 aromatic carbocycles. The summed E-state index contributed by atoms with van der Waals surface area (Å²) in [7, 11) is 1.83. The first-order chi connectivity index (χ1) is 12.9. The van der Waals surface area contributed by atoms with Gasteiger partial charge in [0.05, 0.1) is 7.05 Å². The van der Waals surface area contributed by atoms with Crippen molar-refractivity contribution in [2.75, 3.05) is 25.5 Å². The molecular weight excluding hydrogens is 362 g/mol. The molecule has 0 bridgehead atoms. The van der Waals surface area contributed by atoms with E-state index in [1.807, 2.05) is 32.2 Å². The van der Waals surface area contributed by atoms with Crippen molar-refractivity contribution in [3.8, 4) is 0 Å². The van der Waals surface area contributed by atoms with Gasteiger partial charge in [0.15, 0.2) is 13.1 Å². The number of halogens is 1. The van der Waals surface area contributed by atoms with Gasteiger partial charge in [-0.25, -0.2) is 0 Å². The van der Waals surface area contributed by atoms with Crippen molar-refractivity contribution in [1.29, 1.82) is 0 Å². The molecule has 0 aliphatic heterocycles. The molecule has 2 rings (SSSR count). The van der Waals surface area contributed by atoms with Gasteiger partial charge in [-0.1, -0.05) is 41.9 Å². The number of hydrogen-bond acceptors (Lipinski definition) is 2. The number of carbonyl (C=O) groups excluding carboxylic acids is 2. The molecule has 27 heavy (non-hydrogen) atoms. The van der Waals surface area contributed by atoms with E-state index in [4.69, 9.17) is 11.6 Å². The first kappa shape index (κ1) is 20.9. The fourth-order valence-electron chi connectivity index (χ4n) is 2.77. The Balaban J connectivity index is 1.67. The molecule has 0 aliphatic carbocycles. The summed E-state index contributed by atoms with van der Waals surface area (Å²) in [4.78, 5) is 25.1. The third kappa shape index (κ3) is 8.24. The highest BCUT2D eigenvalue weighted by Gasteiger charge is 2.16. The summed E-state index contributed by atoms with van der Waals surface area (Å²) in [6, 6.07) is 17.2. The molecule has 1 unspecified atom stereocenters. The standard InChI is InChI=1S/C21H26ClN3O2/c1-16(8-9-17-6-4-3-5-7-17)23-20(26)14-25(2)15-21(27)24-19-12-10-18(22)11-13-19/h3-7,10-13,16H,8-9,14-15H2,1-2H3,(H,23,26)(H,24,27)/p+1/t16-/m1/s1. The third-order valence-electron chi connectivity index (χ3n) is 4.17. The van der Waals surface area contributed by atoms with E-state index in [1.54, 1.807) is 24.3 Å². The predicted molar refractivity (Wildman–Crippen MR) is 109 cm³/mol. The SMILES string of the molecule is C[C@H](CCc1ccccc1)NC(=O)C[NH+](C)CC(=O)Nc1ccc(Cl)cc1. The zero-order valence-corrected chi connectivity index (χ0v) is 16.6. The monoisotopic (exact) mass is 388 g/mol. The van der Waals surface area contributed by atoms with Crippen LogP contribution in [0.3, 0.4) is 0 Å². The maximum atomic E-state index is 12.2. The second-order valence-corrected chi connectivity index (χ2v) is 7.30. The first-order valence-corrected chi connectivity index (χ1v) is 9.50. The fourth-order valence-corrected chi connectivity index (χ4v) is 2.90. The van der Waals surface area contributed by atoms with Crippen molar-refractivity contribution in [2.45, 2.75) is 25.8 Å². The Hall–Kier alpha value is -2.37. The molecule has 3 N–H and O–H groups in total. The lowest BCUT2D eigenvalue weighted by Crippen LogP contribution is -3.11. The van der Waals surface area contributed by atoms with E-state index in [0.717, 1.165) is 17.7 Å². The molecule has 0 spiro atoms. The predicted octanol–water partition coefficient (Wildman–Crippen LogP) is 1.93.